The molecular formula is C19H21BrN2O2. The first-order valence-electron chi connectivity index (χ1n) is 8.20. The Morgan fingerprint density at radius 2 is 1.96 bits per heavy atom. The number of nitrogens with one attached hydrogen (secondary N) is 1. The Bertz CT molecular complexity index is 688. The summed E-state index contributed by atoms with van der Waals surface area (Å²) in [6.45, 7) is 2.75. The maximum Gasteiger partial charge on any atom is 0.257 e. The Balaban J connectivity index is 1.33. The van der Waals surface area contributed by atoms with Crippen molar-refractivity contribution < 1.29 is 9.53 Å². The topological polar surface area (TPSA) is 41.6 Å². The Kier molecular flexibility index (Phi) is 5.75. The number of hydrogen-bond donors (Lipinski definition) is 1. The van der Waals surface area contributed by atoms with Gasteiger partial charge in [-0.2, -0.15) is 0 Å². The molecule has 0 radical (unpaired) electrons. The Morgan fingerprint density at radius 1 is 1.17 bits per heavy atom. The van der Waals surface area contributed by atoms with Crippen molar-refractivity contribution >= 4 is 27.5 Å². The summed E-state index contributed by atoms with van der Waals surface area (Å²) in [6, 6.07) is 16.0. The molecule has 0 bridgehead atoms. The van der Waals surface area contributed by atoms with Crippen LogP contribution in [0.5, 0.6) is 5.75 Å². The summed E-state index contributed by atoms with van der Waals surface area (Å²) < 4.78 is 6.45. The maximum atomic E-state index is 11.8. The molecule has 0 atom stereocenters. The highest BCUT2D eigenvalue weighted by Gasteiger charge is 2.17. The number of ether oxygens (including phenoxy) is 1. The second kappa shape index (κ2) is 8.20. The second-order valence-electron chi connectivity index (χ2n) is 5.81. The SMILES string of the molecule is O=C(COc1ccc(Br)cc1)NCCCN1CCc2ccccc21. The van der Waals surface area contributed by atoms with Crippen LogP contribution in [-0.2, 0) is 11.2 Å². The van der Waals surface area contributed by atoms with Crippen LogP contribution in [0.2, 0.25) is 0 Å². The Morgan fingerprint density at radius 3 is 2.79 bits per heavy atom. The van der Waals surface area contributed by atoms with Gasteiger partial charge in [0.1, 0.15) is 5.75 Å². The highest BCUT2D eigenvalue weighted by molar-refractivity contribution is 9.10. The molecular weight excluding hydrogens is 368 g/mol. The van der Waals surface area contributed by atoms with Crippen LogP contribution in [0.1, 0.15) is 12.0 Å². The normalized spacial score (nSPS) is 12.8. The summed E-state index contributed by atoms with van der Waals surface area (Å²) in [6.07, 6.45) is 2.04. The van der Waals surface area contributed by atoms with E-state index in [0.29, 0.717) is 12.3 Å². The van der Waals surface area contributed by atoms with Crippen LogP contribution in [0.15, 0.2) is 53.0 Å². The first-order chi connectivity index (χ1) is 11.7. The Hall–Kier alpha value is -2.01. The van der Waals surface area contributed by atoms with Crippen LogP contribution in [-0.4, -0.2) is 32.1 Å². The minimum Gasteiger partial charge on any atom is -0.484 e. The van der Waals surface area contributed by atoms with E-state index in [4.69, 9.17) is 4.74 Å². The van der Waals surface area contributed by atoms with Crippen LogP contribution in [0.4, 0.5) is 5.69 Å². The van der Waals surface area contributed by atoms with Gasteiger partial charge in [0, 0.05) is 29.8 Å². The van der Waals surface area contributed by atoms with E-state index in [2.05, 4.69) is 50.4 Å². The van der Waals surface area contributed by atoms with Gasteiger partial charge in [0.05, 0.1) is 0 Å². The molecule has 2 aromatic rings. The van der Waals surface area contributed by atoms with Gasteiger partial charge in [-0.3, -0.25) is 4.79 Å². The molecule has 3 rings (SSSR count). The average Bonchev–Trinajstić information content (AvgIpc) is 3.01. The van der Waals surface area contributed by atoms with Gasteiger partial charge in [-0.15, -0.1) is 0 Å². The number of carbonyl (C=O) groups excluding carboxylic acids is 1. The van der Waals surface area contributed by atoms with Crippen LogP contribution in [0.3, 0.4) is 0 Å². The van der Waals surface area contributed by atoms with E-state index in [1.807, 2.05) is 24.3 Å². The summed E-state index contributed by atoms with van der Waals surface area (Å²) in [4.78, 5) is 14.2. The molecule has 0 spiro atoms. The zero-order chi connectivity index (χ0) is 16.8. The smallest absolute Gasteiger partial charge is 0.257 e. The molecule has 0 unspecified atom stereocenters. The second-order valence-corrected chi connectivity index (χ2v) is 6.73. The van der Waals surface area contributed by atoms with E-state index < -0.39 is 0 Å². The number of amides is 1. The molecule has 126 valence electrons. The van der Waals surface area contributed by atoms with Gasteiger partial charge in [-0.05, 0) is 48.7 Å². The van der Waals surface area contributed by atoms with Gasteiger partial charge >= 0.3 is 0 Å². The predicted molar refractivity (Wildman–Crippen MR) is 99.6 cm³/mol. The van der Waals surface area contributed by atoms with Crippen molar-refractivity contribution in [1.29, 1.82) is 0 Å². The van der Waals surface area contributed by atoms with Crippen LogP contribution in [0, 0.1) is 0 Å². The van der Waals surface area contributed by atoms with Crippen molar-refractivity contribution in [1.82, 2.24) is 5.32 Å². The molecule has 0 saturated carbocycles. The van der Waals surface area contributed by atoms with E-state index in [-0.39, 0.29) is 12.5 Å². The Labute approximate surface area is 150 Å². The summed E-state index contributed by atoms with van der Waals surface area (Å²) >= 11 is 3.37. The summed E-state index contributed by atoms with van der Waals surface area (Å²) in [5.74, 6) is 0.613. The molecule has 5 heteroatoms. The van der Waals surface area contributed by atoms with Gasteiger partial charge in [0.15, 0.2) is 6.61 Å². The van der Waals surface area contributed by atoms with Gasteiger partial charge < -0.3 is 15.0 Å². The first-order valence-corrected chi connectivity index (χ1v) is 8.99. The molecule has 0 saturated heterocycles. The maximum absolute atomic E-state index is 11.8. The first kappa shape index (κ1) is 16.8. The predicted octanol–water partition coefficient (Wildman–Crippen LogP) is 3.40. The molecule has 0 aromatic heterocycles. The number of nitrogens with zero attached hydrogens (tertiary/aromatic N) is 1. The number of carbonyl (C=O) groups is 1. The van der Waals surface area contributed by atoms with E-state index >= 15 is 0 Å². The van der Waals surface area contributed by atoms with Crippen molar-refractivity contribution in [2.45, 2.75) is 12.8 Å². The lowest BCUT2D eigenvalue weighted by molar-refractivity contribution is -0.123. The third-order valence-corrected chi connectivity index (χ3v) is 4.62. The zero-order valence-electron chi connectivity index (χ0n) is 13.5. The monoisotopic (exact) mass is 388 g/mol. The molecule has 2 aromatic carbocycles. The van der Waals surface area contributed by atoms with Crippen molar-refractivity contribution in [2.24, 2.45) is 0 Å². The highest BCUT2D eigenvalue weighted by atomic mass is 79.9. The molecule has 1 heterocycles. The van der Waals surface area contributed by atoms with E-state index in [1.165, 1.54) is 11.3 Å². The fourth-order valence-electron chi connectivity index (χ4n) is 2.87. The zero-order valence-corrected chi connectivity index (χ0v) is 15.1. The van der Waals surface area contributed by atoms with Gasteiger partial charge in [0.25, 0.3) is 5.91 Å². The number of hydrogen-bond acceptors (Lipinski definition) is 3. The van der Waals surface area contributed by atoms with E-state index in [0.717, 1.165) is 30.4 Å². The summed E-state index contributed by atoms with van der Waals surface area (Å²) in [5.41, 5.74) is 2.76. The molecule has 1 aliphatic heterocycles. The van der Waals surface area contributed by atoms with Crippen LogP contribution >= 0.6 is 15.9 Å². The highest BCUT2D eigenvalue weighted by Crippen LogP contribution is 2.27. The van der Waals surface area contributed by atoms with E-state index in [1.54, 1.807) is 0 Å². The molecule has 24 heavy (non-hydrogen) atoms. The summed E-state index contributed by atoms with van der Waals surface area (Å²) in [5, 5.41) is 2.91. The molecule has 1 aliphatic rings. The molecule has 1 amide bonds. The lowest BCUT2D eigenvalue weighted by Crippen LogP contribution is -2.32. The van der Waals surface area contributed by atoms with Crippen LogP contribution in [0.25, 0.3) is 0 Å². The minimum absolute atomic E-state index is 0.0498. The number of benzene rings is 2. The van der Waals surface area contributed by atoms with Crippen molar-refractivity contribution in [3.8, 4) is 5.75 Å². The number of halogens is 1. The molecule has 0 aliphatic carbocycles. The molecule has 1 N–H and O–H groups in total. The number of para-hydroxylation sites is 1. The molecule has 4 nitrogen and oxygen atoms in total. The van der Waals surface area contributed by atoms with Gasteiger partial charge in [-0.25, -0.2) is 0 Å². The number of fused-ring (bicyclic) bond motifs is 1. The summed E-state index contributed by atoms with van der Waals surface area (Å²) in [7, 11) is 0. The quantitative estimate of drug-likeness (QED) is 0.739. The van der Waals surface area contributed by atoms with Gasteiger partial charge in [0.2, 0.25) is 0 Å². The average molecular weight is 389 g/mol. The van der Waals surface area contributed by atoms with Crippen molar-refractivity contribution in [2.75, 3.05) is 31.1 Å². The third-order valence-electron chi connectivity index (χ3n) is 4.09. The molecule has 0 fully saturated rings. The standard InChI is InChI=1S/C19H21BrN2O2/c20-16-6-8-17(9-7-16)24-14-19(23)21-11-3-12-22-13-10-15-4-1-2-5-18(15)22/h1-2,4-9H,3,10-14H2,(H,21,23). The van der Waals surface area contributed by atoms with Crippen LogP contribution < -0.4 is 15.0 Å². The third kappa shape index (κ3) is 4.51. The largest absolute Gasteiger partial charge is 0.484 e. The lowest BCUT2D eigenvalue weighted by Gasteiger charge is -2.19. The minimum atomic E-state index is -0.0836. The fraction of sp³-hybridized carbons (Fsp3) is 0.316. The number of rotatable bonds is 7. The lowest BCUT2D eigenvalue weighted by atomic mass is 10.2. The van der Waals surface area contributed by atoms with Crippen molar-refractivity contribution in [3.05, 3.63) is 58.6 Å². The fourth-order valence-corrected chi connectivity index (χ4v) is 3.13. The number of anilines is 1. The van der Waals surface area contributed by atoms with Gasteiger partial charge in [-0.1, -0.05) is 34.1 Å². The van der Waals surface area contributed by atoms with E-state index in [9.17, 15) is 4.79 Å². The van der Waals surface area contributed by atoms with Crippen molar-refractivity contribution in [3.63, 3.8) is 0 Å².